The summed E-state index contributed by atoms with van der Waals surface area (Å²) in [6.45, 7) is 2.18. The first kappa shape index (κ1) is 17.2. The molecule has 2 fully saturated rings. The minimum absolute atomic E-state index is 0.0563. The van der Waals surface area contributed by atoms with E-state index in [9.17, 15) is 14.0 Å². The van der Waals surface area contributed by atoms with Crippen LogP contribution in [0, 0.1) is 5.82 Å². The molecule has 2 atom stereocenters. The van der Waals surface area contributed by atoms with Crippen molar-refractivity contribution >= 4 is 23.4 Å². The third-order valence-electron chi connectivity index (χ3n) is 4.56. The number of hydrogen-bond donors (Lipinski definition) is 2. The molecule has 0 bridgehead atoms. The Morgan fingerprint density at radius 1 is 1.42 bits per heavy atom. The fraction of sp³-hybridized carbons (Fsp3) is 0.529. The summed E-state index contributed by atoms with van der Waals surface area (Å²) in [5.74, 6) is -0.571. The number of nitrogens with zero attached hydrogens (tertiary/aromatic N) is 1. The highest BCUT2D eigenvalue weighted by Crippen LogP contribution is 2.19. The van der Waals surface area contributed by atoms with E-state index in [1.54, 1.807) is 6.07 Å². The summed E-state index contributed by atoms with van der Waals surface area (Å²) in [5, 5.41) is 5.87. The van der Waals surface area contributed by atoms with Crippen molar-refractivity contribution in [3.8, 4) is 0 Å². The summed E-state index contributed by atoms with van der Waals surface area (Å²) >= 11 is 5.70. The Kier molecular flexibility index (Phi) is 5.36. The van der Waals surface area contributed by atoms with Gasteiger partial charge in [0.15, 0.2) is 0 Å². The van der Waals surface area contributed by atoms with Crippen LogP contribution in [0.5, 0.6) is 0 Å². The highest BCUT2D eigenvalue weighted by Gasteiger charge is 2.29. The maximum absolute atomic E-state index is 13.5. The van der Waals surface area contributed by atoms with E-state index in [0.717, 1.165) is 31.5 Å². The van der Waals surface area contributed by atoms with Crippen molar-refractivity contribution in [1.82, 2.24) is 15.5 Å². The molecule has 0 aromatic heterocycles. The van der Waals surface area contributed by atoms with E-state index in [4.69, 9.17) is 11.6 Å². The Morgan fingerprint density at radius 3 is 3.00 bits per heavy atom. The molecule has 1 aromatic carbocycles. The summed E-state index contributed by atoms with van der Waals surface area (Å²) in [5.41, 5.74) is 0.864. The number of carbonyl (C=O) groups is 2. The van der Waals surface area contributed by atoms with E-state index in [-0.39, 0.29) is 22.9 Å². The van der Waals surface area contributed by atoms with Crippen LogP contribution in [0.1, 0.15) is 31.2 Å². The molecule has 0 spiro atoms. The van der Waals surface area contributed by atoms with Gasteiger partial charge >= 0.3 is 0 Å². The van der Waals surface area contributed by atoms with Crippen LogP contribution in [0.3, 0.4) is 0 Å². The lowest BCUT2D eigenvalue weighted by Crippen LogP contribution is -2.51. The molecule has 130 valence electrons. The van der Waals surface area contributed by atoms with Crippen molar-refractivity contribution in [1.29, 1.82) is 0 Å². The number of amides is 2. The Balaban J connectivity index is 1.49. The average molecular weight is 354 g/mol. The molecule has 2 aliphatic heterocycles. The topological polar surface area (TPSA) is 61.4 Å². The molecule has 0 radical (unpaired) electrons. The highest BCUT2D eigenvalue weighted by molar-refractivity contribution is 6.30. The van der Waals surface area contributed by atoms with Crippen molar-refractivity contribution in [2.24, 2.45) is 0 Å². The van der Waals surface area contributed by atoms with Gasteiger partial charge in [0.05, 0.1) is 5.02 Å². The van der Waals surface area contributed by atoms with Gasteiger partial charge in [0.25, 0.3) is 0 Å². The molecule has 5 nitrogen and oxygen atoms in total. The smallest absolute Gasteiger partial charge is 0.242 e. The summed E-state index contributed by atoms with van der Waals surface area (Å²) in [4.78, 5) is 25.8. The predicted octanol–water partition coefficient (Wildman–Crippen LogP) is 1.84. The minimum Gasteiger partial charge on any atom is -0.350 e. The molecule has 2 saturated heterocycles. The molecule has 2 aliphatic rings. The highest BCUT2D eigenvalue weighted by atomic mass is 35.5. The zero-order valence-electron chi connectivity index (χ0n) is 13.4. The first-order valence-electron chi connectivity index (χ1n) is 8.27. The number of nitrogens with one attached hydrogen (secondary N) is 2. The molecular formula is C17H21ClFN3O2. The zero-order valence-corrected chi connectivity index (χ0v) is 14.1. The molecule has 7 heteroatoms. The molecule has 2 amide bonds. The van der Waals surface area contributed by atoms with Crippen LogP contribution in [0.15, 0.2) is 18.2 Å². The van der Waals surface area contributed by atoms with E-state index in [1.165, 1.54) is 6.07 Å². The summed E-state index contributed by atoms with van der Waals surface area (Å²) in [7, 11) is 0. The largest absolute Gasteiger partial charge is 0.350 e. The van der Waals surface area contributed by atoms with Crippen LogP contribution in [0.25, 0.3) is 0 Å². The van der Waals surface area contributed by atoms with E-state index in [2.05, 4.69) is 15.5 Å². The second-order valence-electron chi connectivity index (χ2n) is 6.49. The third-order valence-corrected chi connectivity index (χ3v) is 4.86. The van der Waals surface area contributed by atoms with Gasteiger partial charge in [-0.2, -0.15) is 0 Å². The second-order valence-corrected chi connectivity index (χ2v) is 6.90. The summed E-state index contributed by atoms with van der Waals surface area (Å²) < 4.78 is 13.5. The van der Waals surface area contributed by atoms with Gasteiger partial charge in [0.1, 0.15) is 11.9 Å². The van der Waals surface area contributed by atoms with Crippen molar-refractivity contribution in [2.45, 2.75) is 44.3 Å². The lowest BCUT2D eigenvalue weighted by Gasteiger charge is -2.24. The van der Waals surface area contributed by atoms with Gasteiger partial charge < -0.3 is 10.6 Å². The van der Waals surface area contributed by atoms with Gasteiger partial charge in [-0.25, -0.2) is 4.39 Å². The number of likely N-dealkylation sites (tertiary alicyclic amines) is 1. The fourth-order valence-electron chi connectivity index (χ4n) is 3.29. The number of carbonyl (C=O) groups excluding carboxylic acids is 2. The zero-order chi connectivity index (χ0) is 17.1. The molecular weight excluding hydrogens is 333 g/mol. The van der Waals surface area contributed by atoms with Crippen molar-refractivity contribution in [3.63, 3.8) is 0 Å². The minimum atomic E-state index is -0.411. The summed E-state index contributed by atoms with van der Waals surface area (Å²) in [6, 6.07) is 4.48. The maximum atomic E-state index is 13.5. The quantitative estimate of drug-likeness (QED) is 0.868. The van der Waals surface area contributed by atoms with Gasteiger partial charge in [0.2, 0.25) is 11.8 Å². The van der Waals surface area contributed by atoms with Crippen LogP contribution >= 0.6 is 11.6 Å². The molecule has 0 aliphatic carbocycles. The predicted molar refractivity (Wildman–Crippen MR) is 89.0 cm³/mol. The number of halogens is 2. The van der Waals surface area contributed by atoms with Crippen LogP contribution in [0.4, 0.5) is 4.39 Å². The lowest BCUT2D eigenvalue weighted by molar-refractivity contribution is -0.131. The first-order valence-corrected chi connectivity index (χ1v) is 8.65. The monoisotopic (exact) mass is 353 g/mol. The molecule has 24 heavy (non-hydrogen) atoms. The van der Waals surface area contributed by atoms with E-state index in [0.29, 0.717) is 19.4 Å². The van der Waals surface area contributed by atoms with Crippen LogP contribution < -0.4 is 10.6 Å². The number of rotatable bonds is 4. The van der Waals surface area contributed by atoms with Crippen molar-refractivity contribution in [3.05, 3.63) is 34.6 Å². The van der Waals surface area contributed by atoms with Crippen molar-refractivity contribution < 1.29 is 14.0 Å². The van der Waals surface area contributed by atoms with Crippen LogP contribution in [-0.2, 0) is 16.1 Å². The van der Waals surface area contributed by atoms with Crippen molar-refractivity contribution in [2.75, 3.05) is 13.1 Å². The van der Waals surface area contributed by atoms with Gasteiger partial charge in [0, 0.05) is 32.1 Å². The average Bonchev–Trinajstić information content (AvgIpc) is 2.98. The molecule has 2 heterocycles. The standard InChI is InChI=1S/C17H21ClFN3O2/c18-13-5-4-11(8-14(13)19)9-22-7-6-12(10-22)20-17(24)15-2-1-3-16(23)21-15/h4-5,8,12,15H,1-3,6-7,9-10H2,(H,20,24)(H,21,23)/t12-,15+/m0/s1. The Labute approximate surface area is 145 Å². The molecule has 1 aromatic rings. The van der Waals surface area contributed by atoms with Gasteiger partial charge in [-0.1, -0.05) is 17.7 Å². The number of benzene rings is 1. The number of piperidine rings is 1. The Bertz CT molecular complexity index is 640. The van der Waals surface area contributed by atoms with E-state index < -0.39 is 11.9 Å². The van der Waals surface area contributed by atoms with E-state index in [1.807, 2.05) is 6.07 Å². The third kappa shape index (κ3) is 4.24. The van der Waals surface area contributed by atoms with Crippen LogP contribution in [-0.4, -0.2) is 41.9 Å². The number of hydrogen-bond acceptors (Lipinski definition) is 3. The Hall–Kier alpha value is -1.66. The normalized spacial score (nSPS) is 24.7. The summed E-state index contributed by atoms with van der Waals surface area (Å²) in [6.07, 6.45) is 2.79. The molecule has 0 unspecified atom stereocenters. The van der Waals surface area contributed by atoms with E-state index >= 15 is 0 Å². The van der Waals surface area contributed by atoms with Gasteiger partial charge in [-0.3, -0.25) is 14.5 Å². The SMILES string of the molecule is O=C1CCC[C@H](C(=O)N[C@H]2CCN(Cc3ccc(Cl)c(F)c3)C2)N1. The molecule has 0 saturated carbocycles. The van der Waals surface area contributed by atoms with Crippen LogP contribution in [0.2, 0.25) is 5.02 Å². The lowest BCUT2D eigenvalue weighted by atomic mass is 10.0. The second kappa shape index (κ2) is 7.49. The fourth-order valence-corrected chi connectivity index (χ4v) is 3.41. The van der Waals surface area contributed by atoms with Gasteiger partial charge in [-0.05, 0) is 37.0 Å². The first-order chi connectivity index (χ1) is 11.5. The Morgan fingerprint density at radius 2 is 2.25 bits per heavy atom. The maximum Gasteiger partial charge on any atom is 0.242 e. The molecule has 3 rings (SSSR count). The molecule has 2 N–H and O–H groups in total. The van der Waals surface area contributed by atoms with Gasteiger partial charge in [-0.15, -0.1) is 0 Å².